The van der Waals surface area contributed by atoms with E-state index in [0.29, 0.717) is 16.0 Å². The van der Waals surface area contributed by atoms with Crippen LogP contribution in [0.15, 0.2) is 67.0 Å². The molecule has 0 aliphatic carbocycles. The van der Waals surface area contributed by atoms with Crippen LogP contribution in [-0.4, -0.2) is 25.8 Å². The second-order valence-electron chi connectivity index (χ2n) is 6.37. The number of nitrogens with zero attached hydrogens (tertiary/aromatic N) is 3. The molecule has 2 N–H and O–H groups in total. The third-order valence-electron chi connectivity index (χ3n) is 4.27. The van der Waals surface area contributed by atoms with Crippen LogP contribution in [0.2, 0.25) is 5.02 Å². The molecule has 2 heterocycles. The number of ether oxygens (including phenoxy) is 1. The molecule has 0 amide bonds. The second kappa shape index (κ2) is 8.56. The molecule has 1 atom stereocenters. The van der Waals surface area contributed by atoms with Crippen molar-refractivity contribution in [1.29, 1.82) is 0 Å². The number of para-hydroxylation sites is 1. The van der Waals surface area contributed by atoms with Crippen LogP contribution in [0, 0.1) is 0 Å². The van der Waals surface area contributed by atoms with Gasteiger partial charge in [-0.2, -0.15) is 4.98 Å². The van der Waals surface area contributed by atoms with Crippen molar-refractivity contribution in [2.75, 3.05) is 5.32 Å². The second-order valence-corrected chi connectivity index (χ2v) is 7.81. The SMILES string of the molecule is CC(Oc1cc(-n2cnc(Nc3ccccc3)n2)sc1C(=O)O)c1ccccc1Cl. The third-order valence-corrected chi connectivity index (χ3v) is 5.71. The number of aromatic nitrogens is 3. The normalized spacial score (nSPS) is 11.8. The quantitative estimate of drug-likeness (QED) is 0.391. The first kappa shape index (κ1) is 19.9. The summed E-state index contributed by atoms with van der Waals surface area (Å²) in [5.74, 6) is -0.420. The van der Waals surface area contributed by atoms with Crippen LogP contribution in [0.1, 0.15) is 28.3 Å². The summed E-state index contributed by atoms with van der Waals surface area (Å²) in [6.45, 7) is 1.82. The van der Waals surface area contributed by atoms with Crippen LogP contribution in [0.4, 0.5) is 11.6 Å². The van der Waals surface area contributed by atoms with Crippen LogP contribution >= 0.6 is 22.9 Å². The largest absolute Gasteiger partial charge is 0.484 e. The lowest BCUT2D eigenvalue weighted by molar-refractivity contribution is 0.0696. The number of nitrogens with one attached hydrogen (secondary N) is 1. The molecule has 30 heavy (non-hydrogen) atoms. The number of carbonyl (C=O) groups is 1. The zero-order valence-electron chi connectivity index (χ0n) is 15.8. The van der Waals surface area contributed by atoms with Gasteiger partial charge in [0, 0.05) is 22.3 Å². The minimum Gasteiger partial charge on any atom is -0.484 e. The fourth-order valence-corrected chi connectivity index (χ4v) is 3.99. The Morgan fingerprint density at radius 1 is 1.20 bits per heavy atom. The van der Waals surface area contributed by atoms with Crippen molar-refractivity contribution in [2.24, 2.45) is 0 Å². The molecule has 0 spiro atoms. The van der Waals surface area contributed by atoms with Crippen LogP contribution in [-0.2, 0) is 0 Å². The number of thiophene rings is 1. The first-order chi connectivity index (χ1) is 14.5. The van der Waals surface area contributed by atoms with Gasteiger partial charge < -0.3 is 15.2 Å². The molecule has 152 valence electrons. The van der Waals surface area contributed by atoms with E-state index in [1.165, 1.54) is 11.0 Å². The molecule has 2 aromatic heterocycles. The predicted octanol–water partition coefficient (Wildman–Crippen LogP) is 5.56. The van der Waals surface area contributed by atoms with Gasteiger partial charge in [0.25, 0.3) is 0 Å². The summed E-state index contributed by atoms with van der Waals surface area (Å²) >= 11 is 7.29. The van der Waals surface area contributed by atoms with E-state index in [4.69, 9.17) is 16.3 Å². The van der Waals surface area contributed by atoms with Gasteiger partial charge in [-0.15, -0.1) is 16.4 Å². The van der Waals surface area contributed by atoms with Gasteiger partial charge >= 0.3 is 5.97 Å². The summed E-state index contributed by atoms with van der Waals surface area (Å²) in [5, 5.41) is 18.2. The summed E-state index contributed by atoms with van der Waals surface area (Å²) in [4.78, 5) is 16.1. The van der Waals surface area contributed by atoms with Crippen LogP contribution in [0.5, 0.6) is 5.75 Å². The van der Waals surface area contributed by atoms with Crippen molar-refractivity contribution in [3.8, 4) is 10.8 Å². The van der Waals surface area contributed by atoms with E-state index in [2.05, 4.69) is 15.4 Å². The maximum Gasteiger partial charge on any atom is 0.349 e. The van der Waals surface area contributed by atoms with Crippen LogP contribution < -0.4 is 10.1 Å². The summed E-state index contributed by atoms with van der Waals surface area (Å²) in [6, 6.07) is 18.5. The number of carboxylic acid groups (broad SMARTS) is 1. The minimum absolute atomic E-state index is 0.0805. The third kappa shape index (κ3) is 4.29. The molecule has 2 aromatic carbocycles. The highest BCUT2D eigenvalue weighted by atomic mass is 35.5. The lowest BCUT2D eigenvalue weighted by Crippen LogP contribution is -2.06. The monoisotopic (exact) mass is 440 g/mol. The Hall–Kier alpha value is -3.36. The Morgan fingerprint density at radius 2 is 1.93 bits per heavy atom. The average molecular weight is 441 g/mol. The van der Waals surface area contributed by atoms with Gasteiger partial charge in [-0.1, -0.05) is 48.0 Å². The summed E-state index contributed by atoms with van der Waals surface area (Å²) in [5.41, 5.74) is 1.63. The van der Waals surface area contributed by atoms with Gasteiger partial charge in [0.05, 0.1) is 0 Å². The lowest BCUT2D eigenvalue weighted by Gasteiger charge is -2.15. The van der Waals surface area contributed by atoms with Crippen LogP contribution in [0.3, 0.4) is 0 Å². The molecular formula is C21H17ClN4O3S. The van der Waals surface area contributed by atoms with Crippen LogP contribution in [0.25, 0.3) is 5.00 Å². The zero-order chi connectivity index (χ0) is 21.1. The number of hydrogen-bond acceptors (Lipinski definition) is 6. The van der Waals surface area contributed by atoms with Gasteiger partial charge in [-0.3, -0.25) is 0 Å². The highest BCUT2D eigenvalue weighted by Crippen LogP contribution is 2.36. The molecule has 0 fully saturated rings. The van der Waals surface area contributed by atoms with E-state index in [1.807, 2.05) is 55.5 Å². The maximum atomic E-state index is 11.7. The minimum atomic E-state index is -1.07. The molecule has 4 rings (SSSR count). The fraction of sp³-hybridized carbons (Fsp3) is 0.0952. The van der Waals surface area contributed by atoms with E-state index in [0.717, 1.165) is 22.6 Å². The van der Waals surface area contributed by atoms with E-state index >= 15 is 0 Å². The molecule has 4 aromatic rings. The molecule has 7 nitrogen and oxygen atoms in total. The number of halogens is 1. The molecule has 9 heteroatoms. The van der Waals surface area contributed by atoms with E-state index < -0.39 is 12.1 Å². The molecule has 0 bridgehead atoms. The smallest absolute Gasteiger partial charge is 0.349 e. The molecular weight excluding hydrogens is 424 g/mol. The number of hydrogen-bond donors (Lipinski definition) is 2. The highest BCUT2D eigenvalue weighted by Gasteiger charge is 2.21. The standard InChI is InChI=1S/C21H17ClN4O3S/c1-13(15-9-5-6-10-16(15)22)29-17-11-18(30-19(17)20(27)28)26-12-23-21(25-26)24-14-7-3-2-4-8-14/h2-13H,1H3,(H,24,25)(H,27,28). The van der Waals surface area contributed by atoms with Gasteiger partial charge in [-0.05, 0) is 25.1 Å². The Bertz CT molecular complexity index is 1180. The topological polar surface area (TPSA) is 89.3 Å². The fourth-order valence-electron chi connectivity index (χ4n) is 2.85. The maximum absolute atomic E-state index is 11.7. The van der Waals surface area contributed by atoms with E-state index in [-0.39, 0.29) is 10.6 Å². The Morgan fingerprint density at radius 3 is 2.67 bits per heavy atom. The molecule has 0 radical (unpaired) electrons. The zero-order valence-corrected chi connectivity index (χ0v) is 17.4. The van der Waals surface area contributed by atoms with Crippen molar-refractivity contribution in [3.63, 3.8) is 0 Å². The predicted molar refractivity (Wildman–Crippen MR) is 116 cm³/mol. The molecule has 0 aliphatic heterocycles. The number of rotatable bonds is 7. The van der Waals surface area contributed by atoms with Gasteiger partial charge in [0.2, 0.25) is 5.95 Å². The summed E-state index contributed by atoms with van der Waals surface area (Å²) < 4.78 is 7.46. The van der Waals surface area contributed by atoms with E-state index in [1.54, 1.807) is 12.1 Å². The summed E-state index contributed by atoms with van der Waals surface area (Å²) in [7, 11) is 0. The van der Waals surface area contributed by atoms with Gasteiger partial charge in [0.15, 0.2) is 4.88 Å². The number of carboxylic acids is 1. The number of anilines is 2. The average Bonchev–Trinajstić information content (AvgIpc) is 3.36. The van der Waals surface area contributed by atoms with E-state index in [9.17, 15) is 9.90 Å². The first-order valence-electron chi connectivity index (χ1n) is 9.03. The van der Waals surface area contributed by atoms with Crippen molar-refractivity contribution in [2.45, 2.75) is 13.0 Å². The Balaban J connectivity index is 1.58. The van der Waals surface area contributed by atoms with Crippen molar-refractivity contribution >= 4 is 40.5 Å². The first-order valence-corrected chi connectivity index (χ1v) is 10.2. The van der Waals surface area contributed by atoms with Gasteiger partial charge in [0.1, 0.15) is 23.2 Å². The Kier molecular flexibility index (Phi) is 5.69. The molecule has 0 aliphatic rings. The molecule has 0 saturated heterocycles. The Labute approximate surface area is 181 Å². The van der Waals surface area contributed by atoms with Crippen molar-refractivity contribution < 1.29 is 14.6 Å². The molecule has 0 saturated carbocycles. The number of aromatic carboxylic acids is 1. The molecule has 1 unspecified atom stereocenters. The van der Waals surface area contributed by atoms with Gasteiger partial charge in [-0.25, -0.2) is 9.48 Å². The highest BCUT2D eigenvalue weighted by molar-refractivity contribution is 7.16. The van der Waals surface area contributed by atoms with Crippen molar-refractivity contribution in [3.05, 3.63) is 82.5 Å². The number of benzene rings is 2. The lowest BCUT2D eigenvalue weighted by atomic mass is 10.1. The van der Waals surface area contributed by atoms with Crippen molar-refractivity contribution in [1.82, 2.24) is 14.8 Å². The summed E-state index contributed by atoms with van der Waals surface area (Å²) in [6.07, 6.45) is 1.09.